The van der Waals surface area contributed by atoms with Crippen molar-refractivity contribution in [2.24, 2.45) is 0 Å². The van der Waals surface area contributed by atoms with Crippen LogP contribution in [0.2, 0.25) is 10.0 Å². The van der Waals surface area contributed by atoms with Gasteiger partial charge in [0.05, 0.1) is 17.2 Å². The van der Waals surface area contributed by atoms with E-state index in [0.29, 0.717) is 21.4 Å². The van der Waals surface area contributed by atoms with Gasteiger partial charge in [0.15, 0.2) is 0 Å². The molecule has 1 atom stereocenters. The molecule has 0 aliphatic heterocycles. The first-order valence-electron chi connectivity index (χ1n) is 6.22. The van der Waals surface area contributed by atoms with Crippen LogP contribution in [0, 0.1) is 13.8 Å². The Morgan fingerprint density at radius 3 is 2.30 bits per heavy atom. The number of hydrogen-bond donors (Lipinski definition) is 1. The zero-order valence-corrected chi connectivity index (χ0v) is 13.1. The molecule has 0 fully saturated rings. The fourth-order valence-electron chi connectivity index (χ4n) is 2.21. The Bertz CT molecular complexity index is 639. The van der Waals surface area contributed by atoms with E-state index in [-0.39, 0.29) is 0 Å². The van der Waals surface area contributed by atoms with E-state index in [1.165, 1.54) is 7.11 Å². The van der Waals surface area contributed by atoms with Crippen LogP contribution in [0.3, 0.4) is 0 Å². The summed E-state index contributed by atoms with van der Waals surface area (Å²) in [6.07, 6.45) is -0.813. The molecule has 1 N–H and O–H groups in total. The van der Waals surface area contributed by atoms with Gasteiger partial charge < -0.3 is 9.84 Å². The van der Waals surface area contributed by atoms with E-state index in [4.69, 9.17) is 27.9 Å². The first-order valence-corrected chi connectivity index (χ1v) is 6.97. The topological polar surface area (TPSA) is 29.5 Å². The smallest absolute Gasteiger partial charge is 0.138 e. The Morgan fingerprint density at radius 2 is 1.70 bits per heavy atom. The molecule has 0 aromatic heterocycles. The second-order valence-corrected chi connectivity index (χ2v) is 5.59. The Kier molecular flexibility index (Phi) is 4.59. The second kappa shape index (κ2) is 6.04. The lowest BCUT2D eigenvalue weighted by Gasteiger charge is -2.17. The summed E-state index contributed by atoms with van der Waals surface area (Å²) < 4.78 is 5.11. The van der Waals surface area contributed by atoms with Crippen LogP contribution in [-0.4, -0.2) is 12.2 Å². The maximum absolute atomic E-state index is 10.5. The molecule has 4 heteroatoms. The van der Waals surface area contributed by atoms with Crippen molar-refractivity contribution in [3.63, 3.8) is 0 Å². The maximum Gasteiger partial charge on any atom is 0.138 e. The largest absolute Gasteiger partial charge is 0.495 e. The van der Waals surface area contributed by atoms with Gasteiger partial charge in [-0.05, 0) is 31.0 Å². The van der Waals surface area contributed by atoms with E-state index in [9.17, 15) is 5.11 Å². The van der Waals surface area contributed by atoms with E-state index in [0.717, 1.165) is 16.7 Å². The predicted molar refractivity (Wildman–Crippen MR) is 83.0 cm³/mol. The number of hydrogen-bond acceptors (Lipinski definition) is 2. The number of aliphatic hydroxyl groups is 1. The molecule has 0 aliphatic carbocycles. The van der Waals surface area contributed by atoms with Crippen LogP contribution in [0.1, 0.15) is 28.4 Å². The number of aliphatic hydroxyl groups excluding tert-OH is 1. The van der Waals surface area contributed by atoms with Crippen molar-refractivity contribution in [1.29, 1.82) is 0 Å². The Morgan fingerprint density at radius 1 is 1.00 bits per heavy atom. The molecule has 20 heavy (non-hydrogen) atoms. The molecule has 2 nitrogen and oxygen atoms in total. The molecule has 0 spiro atoms. The average Bonchev–Trinajstić information content (AvgIpc) is 2.40. The minimum atomic E-state index is -0.813. The summed E-state index contributed by atoms with van der Waals surface area (Å²) in [5.74, 6) is 0.494. The number of halogens is 2. The third-order valence-corrected chi connectivity index (χ3v) is 3.91. The van der Waals surface area contributed by atoms with Gasteiger partial charge in [-0.15, -0.1) is 0 Å². The molecule has 2 rings (SSSR count). The highest BCUT2D eigenvalue weighted by Crippen LogP contribution is 2.36. The predicted octanol–water partition coefficient (Wildman–Crippen LogP) is 4.70. The van der Waals surface area contributed by atoms with Gasteiger partial charge in [-0.1, -0.05) is 47.0 Å². The molecular formula is C16H16Cl2O2. The first kappa shape index (κ1) is 15.2. The van der Waals surface area contributed by atoms with Crippen molar-refractivity contribution in [2.45, 2.75) is 20.0 Å². The number of methoxy groups -OCH3 is 1. The minimum absolute atomic E-state index is 0.427. The third-order valence-electron chi connectivity index (χ3n) is 3.29. The highest BCUT2D eigenvalue weighted by Gasteiger charge is 2.18. The van der Waals surface area contributed by atoms with Crippen molar-refractivity contribution in [1.82, 2.24) is 0 Å². The van der Waals surface area contributed by atoms with Crippen molar-refractivity contribution in [2.75, 3.05) is 7.11 Å². The summed E-state index contributed by atoms with van der Waals surface area (Å²) in [5.41, 5.74) is 3.56. The van der Waals surface area contributed by atoms with E-state index in [1.807, 2.05) is 32.0 Å². The summed E-state index contributed by atoms with van der Waals surface area (Å²) >= 11 is 12.3. The lowest BCUT2D eigenvalue weighted by atomic mass is 9.96. The normalized spacial score (nSPS) is 12.3. The number of aryl methyl sites for hydroxylation is 2. The van der Waals surface area contributed by atoms with Crippen LogP contribution < -0.4 is 4.74 Å². The zero-order chi connectivity index (χ0) is 14.9. The number of rotatable bonds is 3. The van der Waals surface area contributed by atoms with Crippen molar-refractivity contribution in [3.05, 3.63) is 62.6 Å². The summed E-state index contributed by atoms with van der Waals surface area (Å²) in [5, 5.41) is 11.4. The second-order valence-electron chi connectivity index (χ2n) is 4.77. The summed E-state index contributed by atoms with van der Waals surface area (Å²) in [6.45, 7) is 3.98. The molecule has 0 radical (unpaired) electrons. The summed E-state index contributed by atoms with van der Waals surface area (Å²) in [7, 11) is 1.53. The Hall–Kier alpha value is -1.22. The summed E-state index contributed by atoms with van der Waals surface area (Å²) in [4.78, 5) is 0. The van der Waals surface area contributed by atoms with Crippen molar-refractivity contribution >= 4 is 23.2 Å². The lowest BCUT2D eigenvalue weighted by Crippen LogP contribution is -2.03. The standard InChI is InChI=1S/C16H16Cl2O2/c1-9-4-5-11(10(2)6-9)16(19)12-7-14(18)15(20-3)8-13(12)17/h4-8,16,19H,1-3H3. The van der Waals surface area contributed by atoms with Gasteiger partial charge in [-0.25, -0.2) is 0 Å². The molecule has 2 aromatic rings. The summed E-state index contributed by atoms with van der Waals surface area (Å²) in [6, 6.07) is 9.16. The van der Waals surface area contributed by atoms with Gasteiger partial charge in [0, 0.05) is 11.6 Å². The SMILES string of the molecule is COc1cc(Cl)c(C(O)c2ccc(C)cc2C)cc1Cl. The molecule has 0 amide bonds. The number of ether oxygens (including phenoxy) is 1. The van der Waals surface area contributed by atoms with Gasteiger partial charge in [0.2, 0.25) is 0 Å². The molecule has 0 saturated carbocycles. The van der Waals surface area contributed by atoms with Crippen LogP contribution in [0.4, 0.5) is 0 Å². The van der Waals surface area contributed by atoms with Crippen LogP contribution in [0.25, 0.3) is 0 Å². The van der Waals surface area contributed by atoms with E-state index < -0.39 is 6.10 Å². The molecule has 106 valence electrons. The van der Waals surface area contributed by atoms with Gasteiger partial charge in [-0.3, -0.25) is 0 Å². The van der Waals surface area contributed by atoms with E-state index in [2.05, 4.69) is 0 Å². The highest BCUT2D eigenvalue weighted by molar-refractivity contribution is 6.34. The molecule has 0 saturated heterocycles. The van der Waals surface area contributed by atoms with Gasteiger partial charge in [0.1, 0.15) is 11.9 Å². The lowest BCUT2D eigenvalue weighted by molar-refractivity contribution is 0.219. The Balaban J connectivity index is 2.48. The van der Waals surface area contributed by atoms with Gasteiger partial charge in [0.25, 0.3) is 0 Å². The molecular weight excluding hydrogens is 295 g/mol. The molecule has 1 unspecified atom stereocenters. The fraction of sp³-hybridized carbons (Fsp3) is 0.250. The number of benzene rings is 2. The van der Waals surface area contributed by atoms with Crippen LogP contribution >= 0.6 is 23.2 Å². The average molecular weight is 311 g/mol. The molecule has 0 bridgehead atoms. The van der Waals surface area contributed by atoms with Crippen molar-refractivity contribution in [3.8, 4) is 5.75 Å². The quantitative estimate of drug-likeness (QED) is 0.890. The van der Waals surface area contributed by atoms with E-state index in [1.54, 1.807) is 12.1 Å². The monoisotopic (exact) mass is 310 g/mol. The molecule has 0 heterocycles. The third kappa shape index (κ3) is 2.93. The maximum atomic E-state index is 10.5. The van der Waals surface area contributed by atoms with Crippen molar-refractivity contribution < 1.29 is 9.84 Å². The minimum Gasteiger partial charge on any atom is -0.495 e. The molecule has 2 aromatic carbocycles. The van der Waals surface area contributed by atoms with Crippen LogP contribution in [0.5, 0.6) is 5.75 Å². The zero-order valence-electron chi connectivity index (χ0n) is 11.6. The molecule has 0 aliphatic rings. The van der Waals surface area contributed by atoms with Crippen LogP contribution in [-0.2, 0) is 0 Å². The Labute approximate surface area is 128 Å². The fourth-order valence-corrected chi connectivity index (χ4v) is 2.72. The highest BCUT2D eigenvalue weighted by atomic mass is 35.5. The van der Waals surface area contributed by atoms with E-state index >= 15 is 0 Å². The first-order chi connectivity index (χ1) is 9.43. The van der Waals surface area contributed by atoms with Crippen LogP contribution in [0.15, 0.2) is 30.3 Å². The van der Waals surface area contributed by atoms with Gasteiger partial charge >= 0.3 is 0 Å². The van der Waals surface area contributed by atoms with Gasteiger partial charge in [-0.2, -0.15) is 0 Å².